The van der Waals surface area contributed by atoms with Crippen molar-refractivity contribution in [3.05, 3.63) is 76.5 Å². The van der Waals surface area contributed by atoms with E-state index in [-0.39, 0.29) is 36.0 Å². The quantitative estimate of drug-likeness (QED) is 0.430. The van der Waals surface area contributed by atoms with E-state index < -0.39 is 5.97 Å². The van der Waals surface area contributed by atoms with Crippen LogP contribution in [0.4, 0.5) is 0 Å². The van der Waals surface area contributed by atoms with Crippen molar-refractivity contribution in [2.45, 2.75) is 38.1 Å². The van der Waals surface area contributed by atoms with Crippen LogP contribution < -0.4 is 4.74 Å². The second-order valence-electron chi connectivity index (χ2n) is 8.17. The van der Waals surface area contributed by atoms with Crippen LogP contribution in [-0.4, -0.2) is 71.3 Å². The van der Waals surface area contributed by atoms with Crippen LogP contribution in [0.1, 0.15) is 36.8 Å². The summed E-state index contributed by atoms with van der Waals surface area (Å²) < 4.78 is 6.05. The van der Waals surface area contributed by atoms with Crippen LogP contribution in [0.5, 0.6) is 5.75 Å². The first-order chi connectivity index (χ1) is 15.2. The summed E-state index contributed by atoms with van der Waals surface area (Å²) in [5.74, 6) is 0.180. The van der Waals surface area contributed by atoms with Crippen LogP contribution in [0.25, 0.3) is 11.1 Å². The second-order valence-corrected chi connectivity index (χ2v) is 8.95. The van der Waals surface area contributed by atoms with Crippen molar-refractivity contribution in [3.8, 4) is 16.9 Å². The first-order valence-electron chi connectivity index (χ1n) is 11.0. The number of ether oxygens (including phenoxy) is 1. The van der Waals surface area contributed by atoms with Gasteiger partial charge in [0.05, 0.1) is 0 Å². The van der Waals surface area contributed by atoms with Crippen molar-refractivity contribution >= 4 is 46.9 Å². The molecule has 0 amide bonds. The molecule has 0 spiro atoms. The van der Waals surface area contributed by atoms with E-state index in [9.17, 15) is 4.79 Å². The van der Waals surface area contributed by atoms with E-state index in [2.05, 4.69) is 70.3 Å². The van der Waals surface area contributed by atoms with Gasteiger partial charge in [0.15, 0.2) is 0 Å². The standard InChI is InChI=1S/C26H29NO3S.Na.H/c28-26(29)4-2-15-27-14-1-3-24(27)18-30-25-11-7-21(8-12-25)17-20-5-9-22(10-6-20)23-13-16-31-19-23;;/h5-13,16,19,24H,1-4,14-15,17-18H2,(H,28,29);;. The van der Waals surface area contributed by atoms with Crippen molar-refractivity contribution in [2.75, 3.05) is 19.7 Å². The van der Waals surface area contributed by atoms with Gasteiger partial charge in [-0.25, -0.2) is 0 Å². The number of carboxylic acid groups (broad SMARTS) is 1. The second kappa shape index (κ2) is 12.6. The van der Waals surface area contributed by atoms with Gasteiger partial charge in [0.25, 0.3) is 0 Å². The predicted octanol–water partition coefficient (Wildman–Crippen LogP) is 5.07. The number of thiophene rings is 1. The zero-order valence-corrected chi connectivity index (χ0v) is 18.5. The summed E-state index contributed by atoms with van der Waals surface area (Å²) in [6, 6.07) is 19.7. The zero-order valence-electron chi connectivity index (χ0n) is 17.7. The van der Waals surface area contributed by atoms with Crippen molar-refractivity contribution in [2.24, 2.45) is 0 Å². The normalized spacial score (nSPS) is 15.9. The van der Waals surface area contributed by atoms with Crippen molar-refractivity contribution in [1.82, 2.24) is 4.90 Å². The Hall–Kier alpha value is -1.63. The number of carbonyl (C=O) groups is 1. The summed E-state index contributed by atoms with van der Waals surface area (Å²) in [6.07, 6.45) is 4.12. The van der Waals surface area contributed by atoms with Gasteiger partial charge in [-0.15, -0.1) is 0 Å². The zero-order chi connectivity index (χ0) is 21.5. The van der Waals surface area contributed by atoms with Gasteiger partial charge in [0, 0.05) is 12.5 Å². The summed E-state index contributed by atoms with van der Waals surface area (Å²) in [4.78, 5) is 13.1. The monoisotopic (exact) mass is 459 g/mol. The van der Waals surface area contributed by atoms with E-state index in [1.165, 1.54) is 22.3 Å². The minimum atomic E-state index is -0.717. The van der Waals surface area contributed by atoms with E-state index in [4.69, 9.17) is 9.84 Å². The third-order valence-corrected chi connectivity index (χ3v) is 6.60. The van der Waals surface area contributed by atoms with Crippen LogP contribution >= 0.6 is 11.3 Å². The average molecular weight is 460 g/mol. The third-order valence-electron chi connectivity index (χ3n) is 5.92. The van der Waals surface area contributed by atoms with Gasteiger partial charge in [-0.3, -0.25) is 9.69 Å². The molecule has 4 rings (SSSR count). The third kappa shape index (κ3) is 7.19. The number of benzene rings is 2. The molecule has 1 aliphatic rings. The Morgan fingerprint density at radius 1 is 1.03 bits per heavy atom. The minimum absolute atomic E-state index is 0. The molecule has 2 heterocycles. The van der Waals surface area contributed by atoms with Gasteiger partial charge < -0.3 is 9.84 Å². The molecule has 1 N–H and O–H groups in total. The summed E-state index contributed by atoms with van der Waals surface area (Å²) in [5.41, 5.74) is 5.11. The maximum atomic E-state index is 10.7. The van der Waals surface area contributed by atoms with Crippen molar-refractivity contribution in [1.29, 1.82) is 0 Å². The molecule has 164 valence electrons. The number of rotatable bonds is 10. The number of carboxylic acids is 1. The Morgan fingerprint density at radius 2 is 1.75 bits per heavy atom. The molecular formula is C26H30NNaO3S. The van der Waals surface area contributed by atoms with E-state index >= 15 is 0 Å². The maximum absolute atomic E-state index is 10.7. The predicted molar refractivity (Wildman–Crippen MR) is 133 cm³/mol. The van der Waals surface area contributed by atoms with E-state index in [0.717, 1.165) is 38.1 Å². The molecule has 6 heteroatoms. The Balaban J connectivity index is 0.00000289. The number of hydrogen-bond acceptors (Lipinski definition) is 4. The number of nitrogens with zero attached hydrogens (tertiary/aromatic N) is 1. The van der Waals surface area contributed by atoms with E-state index in [0.29, 0.717) is 19.1 Å². The molecule has 1 fully saturated rings. The summed E-state index contributed by atoms with van der Waals surface area (Å²) in [6.45, 7) is 2.54. The first-order valence-corrected chi connectivity index (χ1v) is 11.9. The molecule has 3 aromatic rings. The topological polar surface area (TPSA) is 49.8 Å². The molecule has 0 saturated carbocycles. The van der Waals surface area contributed by atoms with Crippen LogP contribution in [0.15, 0.2) is 65.4 Å². The molecule has 1 aliphatic heterocycles. The molecular weight excluding hydrogens is 429 g/mol. The molecule has 1 saturated heterocycles. The fourth-order valence-electron chi connectivity index (χ4n) is 4.19. The van der Waals surface area contributed by atoms with Gasteiger partial charge in [-0.1, -0.05) is 36.4 Å². The fourth-order valence-corrected chi connectivity index (χ4v) is 4.85. The number of hydrogen-bond donors (Lipinski definition) is 1. The van der Waals surface area contributed by atoms with Crippen molar-refractivity contribution < 1.29 is 14.6 Å². The fraction of sp³-hybridized carbons (Fsp3) is 0.346. The molecule has 0 radical (unpaired) electrons. The summed E-state index contributed by atoms with van der Waals surface area (Å²) in [7, 11) is 0. The first kappa shape index (κ1) is 25.0. The number of aliphatic carboxylic acids is 1. The SMILES string of the molecule is O=C(O)CCCN1CCCC1COc1ccc(Cc2ccc(-c3ccsc3)cc2)cc1.[NaH]. The Morgan fingerprint density at radius 3 is 2.41 bits per heavy atom. The van der Waals surface area contributed by atoms with E-state index in [1.54, 1.807) is 11.3 Å². The summed E-state index contributed by atoms with van der Waals surface area (Å²) in [5, 5.41) is 13.1. The van der Waals surface area contributed by atoms with Gasteiger partial charge in [0.2, 0.25) is 0 Å². The Labute approximate surface area is 216 Å². The summed E-state index contributed by atoms with van der Waals surface area (Å²) >= 11 is 1.72. The van der Waals surface area contributed by atoms with Gasteiger partial charge in [-0.2, -0.15) is 11.3 Å². The molecule has 4 nitrogen and oxygen atoms in total. The Kier molecular flexibility index (Phi) is 9.82. The molecule has 2 aromatic carbocycles. The molecule has 0 bridgehead atoms. The Bertz CT molecular complexity index is 958. The van der Waals surface area contributed by atoms with E-state index in [1.807, 2.05) is 0 Å². The molecule has 1 aromatic heterocycles. The van der Waals surface area contributed by atoms with Crippen LogP contribution in [0.2, 0.25) is 0 Å². The van der Waals surface area contributed by atoms with Crippen LogP contribution in [-0.2, 0) is 11.2 Å². The van der Waals surface area contributed by atoms with Crippen LogP contribution in [0.3, 0.4) is 0 Å². The van der Waals surface area contributed by atoms with Gasteiger partial charge in [0.1, 0.15) is 12.4 Å². The van der Waals surface area contributed by atoms with Gasteiger partial charge in [-0.05, 0) is 90.0 Å². The molecule has 1 atom stereocenters. The van der Waals surface area contributed by atoms with Gasteiger partial charge >= 0.3 is 35.5 Å². The van der Waals surface area contributed by atoms with Crippen molar-refractivity contribution in [3.63, 3.8) is 0 Å². The van der Waals surface area contributed by atoms with Crippen LogP contribution in [0, 0.1) is 0 Å². The number of likely N-dealkylation sites (tertiary alicyclic amines) is 1. The molecule has 1 unspecified atom stereocenters. The molecule has 32 heavy (non-hydrogen) atoms. The molecule has 0 aliphatic carbocycles. The average Bonchev–Trinajstić information content (AvgIpc) is 3.46.